The molecule has 1 aliphatic rings. The van der Waals surface area contributed by atoms with E-state index in [0.29, 0.717) is 0 Å². The van der Waals surface area contributed by atoms with Gasteiger partial charge >= 0.3 is 0 Å². The number of hydrogen-bond acceptors (Lipinski definition) is 3. The summed E-state index contributed by atoms with van der Waals surface area (Å²) in [6, 6.07) is 0. The molecule has 4 nitrogen and oxygen atoms in total. The molecule has 1 fully saturated rings. The summed E-state index contributed by atoms with van der Waals surface area (Å²) in [4.78, 5) is 16.8. The molecule has 0 bridgehead atoms. The number of alkyl halides is 1. The summed E-state index contributed by atoms with van der Waals surface area (Å²) in [6.45, 7) is 6.24. The van der Waals surface area contributed by atoms with Crippen molar-refractivity contribution >= 4 is 5.91 Å². The number of amides is 1. The summed E-state index contributed by atoms with van der Waals surface area (Å²) in [5, 5.41) is 0. The molecule has 15 heavy (non-hydrogen) atoms. The van der Waals surface area contributed by atoms with Crippen molar-refractivity contribution in [2.45, 2.75) is 6.92 Å². The Balaban J connectivity index is 2.17. The summed E-state index contributed by atoms with van der Waals surface area (Å²) in [5.74, 6) is 0.149. The van der Waals surface area contributed by atoms with Crippen molar-refractivity contribution in [1.29, 1.82) is 0 Å². The molecular formula is C10H20FN3O. The second-order valence-corrected chi connectivity index (χ2v) is 4.05. The van der Waals surface area contributed by atoms with E-state index in [1.165, 1.54) is 0 Å². The predicted octanol–water partition coefficient (Wildman–Crippen LogP) is 0.00930. The molecule has 88 valence electrons. The van der Waals surface area contributed by atoms with Crippen LogP contribution in [0, 0.1) is 0 Å². The van der Waals surface area contributed by atoms with Crippen LogP contribution in [-0.2, 0) is 4.79 Å². The van der Waals surface area contributed by atoms with Crippen molar-refractivity contribution in [2.24, 2.45) is 0 Å². The molecule has 1 aliphatic heterocycles. The maximum absolute atomic E-state index is 12.2. The molecule has 0 atom stereocenters. The highest BCUT2D eigenvalue weighted by molar-refractivity contribution is 5.73. The van der Waals surface area contributed by atoms with Crippen LogP contribution >= 0.6 is 0 Å². The van der Waals surface area contributed by atoms with Gasteiger partial charge in [-0.05, 0) is 7.05 Å². The average Bonchev–Trinajstić information content (AvgIpc) is 2.26. The van der Waals surface area contributed by atoms with Gasteiger partial charge in [-0.15, -0.1) is 0 Å². The molecular weight excluding hydrogens is 197 g/mol. The van der Waals surface area contributed by atoms with Crippen LogP contribution in [0.15, 0.2) is 0 Å². The van der Waals surface area contributed by atoms with Crippen LogP contribution in [0.2, 0.25) is 0 Å². The Morgan fingerprint density at radius 2 is 1.93 bits per heavy atom. The molecule has 0 unspecified atom stereocenters. The molecule has 0 saturated carbocycles. The first-order valence-electron chi connectivity index (χ1n) is 5.36. The lowest BCUT2D eigenvalue weighted by Crippen LogP contribution is -2.49. The van der Waals surface area contributed by atoms with Gasteiger partial charge in [0.25, 0.3) is 0 Å². The predicted molar refractivity (Wildman–Crippen MR) is 57.3 cm³/mol. The molecule has 0 spiro atoms. The zero-order chi connectivity index (χ0) is 11.3. The van der Waals surface area contributed by atoms with Gasteiger partial charge in [0, 0.05) is 46.2 Å². The van der Waals surface area contributed by atoms with Crippen LogP contribution in [-0.4, -0.2) is 73.7 Å². The van der Waals surface area contributed by atoms with E-state index in [9.17, 15) is 9.18 Å². The molecule has 0 aliphatic carbocycles. The molecule has 0 aromatic rings. The Bertz CT molecular complexity index is 205. The van der Waals surface area contributed by atoms with Crippen LogP contribution in [0.1, 0.15) is 6.92 Å². The second kappa shape index (κ2) is 6.02. The largest absolute Gasteiger partial charge is 0.340 e. The highest BCUT2D eigenvalue weighted by Crippen LogP contribution is 2.01. The van der Waals surface area contributed by atoms with Gasteiger partial charge < -0.3 is 4.90 Å². The number of likely N-dealkylation sites (N-methyl/N-ethyl adjacent to an activating group) is 1. The van der Waals surface area contributed by atoms with Crippen molar-refractivity contribution in [3.8, 4) is 0 Å². The maximum atomic E-state index is 12.2. The molecule has 0 N–H and O–H groups in total. The van der Waals surface area contributed by atoms with E-state index in [4.69, 9.17) is 0 Å². The van der Waals surface area contributed by atoms with Crippen LogP contribution in [0.4, 0.5) is 4.39 Å². The Morgan fingerprint density at radius 3 is 2.40 bits per heavy atom. The molecule has 1 heterocycles. The standard InChI is InChI=1S/C10H20FN3O/c1-10(15)14-7-5-13(6-8-14)4-3-12(2)9-11/h3-9H2,1-2H3. The summed E-state index contributed by atoms with van der Waals surface area (Å²) >= 11 is 0. The Hall–Kier alpha value is -0.680. The first-order chi connectivity index (χ1) is 7.13. The van der Waals surface area contributed by atoms with Crippen molar-refractivity contribution in [1.82, 2.24) is 14.7 Å². The van der Waals surface area contributed by atoms with Gasteiger partial charge in [-0.1, -0.05) is 0 Å². The van der Waals surface area contributed by atoms with E-state index in [1.54, 1.807) is 18.9 Å². The normalized spacial score (nSPS) is 18.5. The summed E-state index contributed by atoms with van der Waals surface area (Å²) in [6.07, 6.45) is 0. The maximum Gasteiger partial charge on any atom is 0.219 e. The Labute approximate surface area is 90.6 Å². The van der Waals surface area contributed by atoms with Crippen molar-refractivity contribution in [2.75, 3.05) is 53.1 Å². The number of rotatable bonds is 4. The van der Waals surface area contributed by atoms with Crippen LogP contribution < -0.4 is 0 Å². The van der Waals surface area contributed by atoms with Gasteiger partial charge in [0.2, 0.25) is 5.91 Å². The zero-order valence-electron chi connectivity index (χ0n) is 9.58. The number of nitrogens with zero attached hydrogens (tertiary/aromatic N) is 3. The van der Waals surface area contributed by atoms with E-state index in [-0.39, 0.29) is 5.91 Å². The number of carbonyl (C=O) groups is 1. The fourth-order valence-electron chi connectivity index (χ4n) is 1.66. The average molecular weight is 217 g/mol. The highest BCUT2D eigenvalue weighted by atomic mass is 19.1. The lowest BCUT2D eigenvalue weighted by atomic mass is 10.3. The first-order valence-corrected chi connectivity index (χ1v) is 5.36. The topological polar surface area (TPSA) is 26.8 Å². The Morgan fingerprint density at radius 1 is 1.33 bits per heavy atom. The van der Waals surface area contributed by atoms with Gasteiger partial charge in [-0.2, -0.15) is 0 Å². The third kappa shape index (κ3) is 4.13. The molecule has 0 aromatic carbocycles. The summed E-state index contributed by atoms with van der Waals surface area (Å²) < 4.78 is 12.2. The zero-order valence-corrected chi connectivity index (χ0v) is 9.58. The van der Waals surface area contributed by atoms with Gasteiger partial charge in [0.05, 0.1) is 0 Å². The smallest absolute Gasteiger partial charge is 0.219 e. The number of hydrogen-bond donors (Lipinski definition) is 0. The molecule has 0 aromatic heterocycles. The minimum Gasteiger partial charge on any atom is -0.340 e. The first kappa shape index (κ1) is 12.4. The van der Waals surface area contributed by atoms with Gasteiger partial charge in [-0.25, -0.2) is 4.39 Å². The lowest BCUT2D eigenvalue weighted by Gasteiger charge is -2.34. The summed E-state index contributed by atoms with van der Waals surface area (Å²) in [7, 11) is 1.77. The van der Waals surface area contributed by atoms with E-state index in [2.05, 4.69) is 4.90 Å². The van der Waals surface area contributed by atoms with E-state index in [1.807, 2.05) is 4.90 Å². The third-order valence-corrected chi connectivity index (χ3v) is 2.82. The number of carbonyl (C=O) groups excluding carboxylic acids is 1. The quantitative estimate of drug-likeness (QED) is 0.621. The third-order valence-electron chi connectivity index (χ3n) is 2.82. The van der Waals surface area contributed by atoms with Gasteiger partial charge in [-0.3, -0.25) is 14.6 Å². The van der Waals surface area contributed by atoms with Crippen LogP contribution in [0.5, 0.6) is 0 Å². The van der Waals surface area contributed by atoms with Gasteiger partial charge in [0.15, 0.2) is 0 Å². The molecule has 1 amide bonds. The van der Waals surface area contributed by atoms with Crippen molar-refractivity contribution < 1.29 is 9.18 Å². The molecule has 1 saturated heterocycles. The molecule has 1 rings (SSSR count). The van der Waals surface area contributed by atoms with E-state index >= 15 is 0 Å². The SMILES string of the molecule is CC(=O)N1CCN(CCN(C)CF)CC1. The summed E-state index contributed by atoms with van der Waals surface area (Å²) in [5.41, 5.74) is 0. The lowest BCUT2D eigenvalue weighted by molar-refractivity contribution is -0.130. The number of halogens is 1. The van der Waals surface area contributed by atoms with E-state index < -0.39 is 6.80 Å². The fraction of sp³-hybridized carbons (Fsp3) is 0.900. The molecule has 5 heteroatoms. The highest BCUT2D eigenvalue weighted by Gasteiger charge is 2.18. The van der Waals surface area contributed by atoms with Crippen LogP contribution in [0.3, 0.4) is 0 Å². The number of piperazine rings is 1. The fourth-order valence-corrected chi connectivity index (χ4v) is 1.66. The second-order valence-electron chi connectivity index (χ2n) is 4.05. The van der Waals surface area contributed by atoms with Crippen molar-refractivity contribution in [3.63, 3.8) is 0 Å². The van der Waals surface area contributed by atoms with Crippen LogP contribution in [0.25, 0.3) is 0 Å². The van der Waals surface area contributed by atoms with Crippen molar-refractivity contribution in [3.05, 3.63) is 0 Å². The minimum absolute atomic E-state index is 0.149. The monoisotopic (exact) mass is 217 g/mol. The Kier molecular flexibility index (Phi) is 4.98. The minimum atomic E-state index is -0.395. The molecule has 0 radical (unpaired) electrons. The van der Waals surface area contributed by atoms with E-state index in [0.717, 1.165) is 39.3 Å². The van der Waals surface area contributed by atoms with Gasteiger partial charge in [0.1, 0.15) is 6.80 Å².